The van der Waals surface area contributed by atoms with Gasteiger partial charge >= 0.3 is 33.0 Å². The molecule has 0 fully saturated rings. The van der Waals surface area contributed by atoms with Crippen molar-refractivity contribution in [2.45, 2.75) is 32.9 Å². The van der Waals surface area contributed by atoms with Crippen LogP contribution in [0.4, 0.5) is 25.2 Å². The van der Waals surface area contributed by atoms with Gasteiger partial charge in [-0.1, -0.05) is 24.6 Å². The quantitative estimate of drug-likeness (QED) is 0.316. The zero-order chi connectivity index (χ0) is 20.9. The van der Waals surface area contributed by atoms with Gasteiger partial charge in [0.25, 0.3) is 0 Å². The SMILES string of the molecule is CCCCn1cc[n+](Cc2cn(-c3ccccn3)nn2)c1.F[P-](F)(F)(F)(F)F. The summed E-state index contributed by atoms with van der Waals surface area (Å²) < 4.78 is 65.2. The molecule has 6 nitrogen and oxygen atoms in total. The average Bonchev–Trinajstić information content (AvgIpc) is 3.21. The van der Waals surface area contributed by atoms with Gasteiger partial charge < -0.3 is 0 Å². The van der Waals surface area contributed by atoms with Gasteiger partial charge in [0.2, 0.25) is 6.33 Å². The molecular formula is C15H19F6N6P. The van der Waals surface area contributed by atoms with E-state index in [0.29, 0.717) is 6.54 Å². The topological polar surface area (TPSA) is 52.4 Å². The van der Waals surface area contributed by atoms with Gasteiger partial charge in [-0.15, -0.1) is 5.10 Å². The van der Waals surface area contributed by atoms with E-state index in [0.717, 1.165) is 18.1 Å². The second-order valence-electron chi connectivity index (χ2n) is 5.98. The van der Waals surface area contributed by atoms with Crippen LogP contribution in [0.5, 0.6) is 0 Å². The molecule has 0 aromatic carbocycles. The van der Waals surface area contributed by atoms with Gasteiger partial charge in [-0.25, -0.2) is 18.8 Å². The van der Waals surface area contributed by atoms with Crippen LogP contribution in [0.2, 0.25) is 0 Å². The summed E-state index contributed by atoms with van der Waals surface area (Å²) in [7, 11) is -10.7. The van der Waals surface area contributed by atoms with E-state index in [1.54, 1.807) is 10.9 Å². The first-order valence-electron chi connectivity index (χ1n) is 8.24. The summed E-state index contributed by atoms with van der Waals surface area (Å²) in [5.74, 6) is 0.779. The van der Waals surface area contributed by atoms with Crippen LogP contribution < -0.4 is 4.57 Å². The Balaban J connectivity index is 0.000000345. The molecule has 0 saturated heterocycles. The molecule has 0 spiro atoms. The summed E-state index contributed by atoms with van der Waals surface area (Å²) in [5.41, 5.74) is 0.916. The first-order valence-corrected chi connectivity index (χ1v) is 10.3. The van der Waals surface area contributed by atoms with Gasteiger partial charge in [0, 0.05) is 6.20 Å². The Hall–Kier alpha value is -2.49. The molecule has 13 heteroatoms. The normalized spacial score (nSPS) is 14.0. The predicted molar refractivity (Wildman–Crippen MR) is 91.4 cm³/mol. The first kappa shape index (κ1) is 21.8. The molecular weight excluding hydrogens is 409 g/mol. The van der Waals surface area contributed by atoms with Crippen molar-refractivity contribution in [3.8, 4) is 5.82 Å². The van der Waals surface area contributed by atoms with Crippen molar-refractivity contribution in [2.24, 2.45) is 0 Å². The summed E-state index contributed by atoms with van der Waals surface area (Å²) in [4.78, 5) is 4.26. The van der Waals surface area contributed by atoms with E-state index in [-0.39, 0.29) is 0 Å². The van der Waals surface area contributed by atoms with E-state index in [2.05, 4.69) is 50.1 Å². The number of aromatic nitrogens is 6. The summed E-state index contributed by atoms with van der Waals surface area (Å²) in [6, 6.07) is 5.73. The van der Waals surface area contributed by atoms with Crippen LogP contribution >= 0.6 is 7.81 Å². The Morgan fingerprint density at radius 1 is 1.11 bits per heavy atom. The number of imidazole rings is 1. The molecule has 0 aliphatic heterocycles. The second kappa shape index (κ2) is 7.50. The summed E-state index contributed by atoms with van der Waals surface area (Å²) in [6.07, 6.45) is 12.3. The monoisotopic (exact) mass is 428 g/mol. The molecule has 3 aromatic rings. The standard InChI is InChI=1S/C15H19N6.F6P/c1-2-3-8-19-9-10-20(13-19)11-14-12-21(18-17-14)15-6-4-5-7-16-15;1-7(2,3,4,5)6/h4-7,9-10,12-13H,2-3,8,11H2,1H3;/q+1;-1. The van der Waals surface area contributed by atoms with Gasteiger partial charge in [0.05, 0.1) is 12.7 Å². The molecule has 0 unspecified atom stereocenters. The van der Waals surface area contributed by atoms with Crippen LogP contribution in [-0.2, 0) is 13.1 Å². The molecule has 0 saturated carbocycles. The zero-order valence-corrected chi connectivity index (χ0v) is 15.7. The Labute approximate surface area is 156 Å². The number of aryl methyl sites for hydroxylation is 1. The van der Waals surface area contributed by atoms with Crippen LogP contribution in [-0.4, -0.2) is 24.5 Å². The first-order chi connectivity index (χ1) is 12.8. The van der Waals surface area contributed by atoms with Crippen molar-refractivity contribution in [3.05, 3.63) is 55.0 Å². The Morgan fingerprint density at radius 3 is 2.43 bits per heavy atom. The van der Waals surface area contributed by atoms with Gasteiger partial charge in [0.15, 0.2) is 5.82 Å². The molecule has 0 aliphatic carbocycles. The van der Waals surface area contributed by atoms with Crippen LogP contribution in [0.3, 0.4) is 0 Å². The van der Waals surface area contributed by atoms with E-state index >= 15 is 0 Å². The molecule has 0 bridgehead atoms. The van der Waals surface area contributed by atoms with Crippen molar-refractivity contribution >= 4 is 7.81 Å². The van der Waals surface area contributed by atoms with E-state index < -0.39 is 7.81 Å². The van der Waals surface area contributed by atoms with Crippen LogP contribution in [0, 0.1) is 0 Å². The van der Waals surface area contributed by atoms with Gasteiger partial charge in [-0.2, -0.15) is 0 Å². The number of halogens is 6. The Kier molecular flexibility index (Phi) is 5.84. The van der Waals surface area contributed by atoms with Crippen molar-refractivity contribution < 1.29 is 29.7 Å². The fourth-order valence-corrected chi connectivity index (χ4v) is 2.16. The summed E-state index contributed by atoms with van der Waals surface area (Å²) in [5, 5.41) is 8.33. The van der Waals surface area contributed by atoms with E-state index in [1.165, 1.54) is 12.8 Å². The van der Waals surface area contributed by atoms with Crippen molar-refractivity contribution in [1.29, 1.82) is 0 Å². The molecule has 3 rings (SSSR count). The Bertz CT molecular complexity index is 879. The van der Waals surface area contributed by atoms with Gasteiger partial charge in [-0.3, -0.25) is 0 Å². The number of unbranched alkanes of at least 4 members (excludes halogenated alkanes) is 1. The number of pyridine rings is 1. The molecule has 0 radical (unpaired) electrons. The minimum absolute atomic E-state index is 0.714. The van der Waals surface area contributed by atoms with Crippen LogP contribution in [0.25, 0.3) is 5.82 Å². The Morgan fingerprint density at radius 2 is 1.82 bits per heavy atom. The summed E-state index contributed by atoms with van der Waals surface area (Å²) >= 11 is 0. The van der Waals surface area contributed by atoms with E-state index in [9.17, 15) is 25.2 Å². The molecule has 0 atom stereocenters. The number of hydrogen-bond acceptors (Lipinski definition) is 3. The van der Waals surface area contributed by atoms with E-state index in [1.807, 2.05) is 24.4 Å². The second-order valence-corrected chi connectivity index (χ2v) is 7.89. The molecule has 28 heavy (non-hydrogen) atoms. The zero-order valence-electron chi connectivity index (χ0n) is 14.8. The third-order valence-electron chi connectivity index (χ3n) is 3.29. The molecule has 0 amide bonds. The third-order valence-corrected chi connectivity index (χ3v) is 3.29. The van der Waals surface area contributed by atoms with Crippen LogP contribution in [0.1, 0.15) is 25.5 Å². The van der Waals surface area contributed by atoms with Crippen LogP contribution in [0.15, 0.2) is 49.3 Å². The maximum absolute atomic E-state index is 10.7. The van der Waals surface area contributed by atoms with Crippen molar-refractivity contribution in [3.63, 3.8) is 0 Å². The van der Waals surface area contributed by atoms with Gasteiger partial charge in [0.1, 0.15) is 24.6 Å². The predicted octanol–water partition coefficient (Wildman–Crippen LogP) is 4.98. The van der Waals surface area contributed by atoms with Crippen molar-refractivity contribution in [1.82, 2.24) is 24.5 Å². The number of hydrogen-bond donors (Lipinski definition) is 0. The maximum atomic E-state index is 9.87. The molecule has 3 aromatic heterocycles. The fraction of sp³-hybridized carbons (Fsp3) is 0.333. The van der Waals surface area contributed by atoms with Crippen molar-refractivity contribution in [2.75, 3.05) is 0 Å². The average molecular weight is 428 g/mol. The molecule has 0 N–H and O–H groups in total. The molecule has 3 heterocycles. The third kappa shape index (κ3) is 9.45. The van der Waals surface area contributed by atoms with Gasteiger partial charge in [-0.05, 0) is 18.6 Å². The fourth-order valence-electron chi connectivity index (χ4n) is 2.16. The number of nitrogens with zero attached hydrogens (tertiary/aromatic N) is 6. The minimum atomic E-state index is -10.7. The molecule has 156 valence electrons. The summed E-state index contributed by atoms with van der Waals surface area (Å²) in [6.45, 7) is 3.98. The van der Waals surface area contributed by atoms with E-state index in [4.69, 9.17) is 0 Å². The number of rotatable bonds is 6. The molecule has 0 aliphatic rings.